The van der Waals surface area contributed by atoms with E-state index in [4.69, 9.17) is 0 Å². The molecule has 0 radical (unpaired) electrons. The number of nitrogens with zero attached hydrogens (tertiary/aromatic N) is 6. The molecule has 1 atom stereocenters. The Balaban J connectivity index is 1.17. The molecule has 36 heavy (non-hydrogen) atoms. The third kappa shape index (κ3) is 4.29. The zero-order valence-electron chi connectivity index (χ0n) is 19.7. The summed E-state index contributed by atoms with van der Waals surface area (Å²) in [6, 6.07) is 23.6. The monoisotopic (exact) mass is 475 g/mol. The minimum Gasteiger partial charge on any atom is -0.354 e. The van der Waals surface area contributed by atoms with Gasteiger partial charge < -0.3 is 10.2 Å². The molecule has 1 amide bonds. The van der Waals surface area contributed by atoms with Crippen LogP contribution in [-0.4, -0.2) is 43.7 Å². The smallest absolute Gasteiger partial charge is 0.229 e. The second kappa shape index (κ2) is 9.58. The maximum absolute atomic E-state index is 13.2. The summed E-state index contributed by atoms with van der Waals surface area (Å²) in [5.41, 5.74) is 2.56. The van der Waals surface area contributed by atoms with E-state index in [2.05, 4.69) is 30.4 Å². The normalized spacial score (nSPS) is 15.7. The van der Waals surface area contributed by atoms with E-state index >= 15 is 0 Å². The van der Waals surface area contributed by atoms with Gasteiger partial charge in [0.2, 0.25) is 5.91 Å². The van der Waals surface area contributed by atoms with Gasteiger partial charge in [0.25, 0.3) is 0 Å². The number of pyridine rings is 1. The van der Waals surface area contributed by atoms with Crippen LogP contribution in [0.3, 0.4) is 0 Å². The molecule has 0 aliphatic carbocycles. The Hall–Kier alpha value is -4.59. The quantitative estimate of drug-likeness (QED) is 0.395. The number of aromatic nitrogens is 5. The molecule has 5 aromatic rings. The molecule has 1 aliphatic rings. The van der Waals surface area contributed by atoms with E-state index in [-0.39, 0.29) is 11.8 Å². The lowest BCUT2D eigenvalue weighted by Gasteiger charge is -2.32. The van der Waals surface area contributed by atoms with Gasteiger partial charge in [-0.05, 0) is 37.1 Å². The SMILES string of the molecule is O=C(Nc1cccc2cccnc12)C1CCCN(c2ccc(-n3ccnc3-c3ccccc3)nn2)C1. The second-order valence-electron chi connectivity index (χ2n) is 8.89. The Morgan fingerprint density at radius 1 is 0.861 bits per heavy atom. The number of carbonyl (C=O) groups excluding carboxylic acids is 1. The van der Waals surface area contributed by atoms with Gasteiger partial charge in [-0.25, -0.2) is 4.98 Å². The Bertz CT molecular complexity index is 1490. The Morgan fingerprint density at radius 3 is 2.56 bits per heavy atom. The second-order valence-corrected chi connectivity index (χ2v) is 8.89. The van der Waals surface area contributed by atoms with E-state index in [1.165, 1.54) is 0 Å². The lowest BCUT2D eigenvalue weighted by Crippen LogP contribution is -2.41. The van der Waals surface area contributed by atoms with Gasteiger partial charge in [-0.3, -0.25) is 14.3 Å². The first-order valence-corrected chi connectivity index (χ1v) is 12.1. The van der Waals surface area contributed by atoms with Gasteiger partial charge in [-0.1, -0.05) is 48.5 Å². The number of para-hydroxylation sites is 1. The van der Waals surface area contributed by atoms with Crippen LogP contribution in [0.25, 0.3) is 28.1 Å². The van der Waals surface area contributed by atoms with Crippen molar-refractivity contribution in [1.29, 1.82) is 0 Å². The Kier molecular flexibility index (Phi) is 5.83. The number of hydrogen-bond donors (Lipinski definition) is 1. The van der Waals surface area contributed by atoms with Gasteiger partial charge >= 0.3 is 0 Å². The Morgan fingerprint density at radius 2 is 1.69 bits per heavy atom. The maximum atomic E-state index is 13.2. The lowest BCUT2D eigenvalue weighted by molar-refractivity contribution is -0.120. The zero-order chi connectivity index (χ0) is 24.3. The summed E-state index contributed by atoms with van der Waals surface area (Å²) in [5, 5.41) is 13.1. The van der Waals surface area contributed by atoms with E-state index in [1.54, 1.807) is 12.4 Å². The van der Waals surface area contributed by atoms with Crippen LogP contribution < -0.4 is 10.2 Å². The van der Waals surface area contributed by atoms with E-state index in [0.717, 1.165) is 53.2 Å². The number of fused-ring (bicyclic) bond motifs is 1. The molecule has 1 saturated heterocycles. The first-order chi connectivity index (χ1) is 17.8. The number of nitrogens with one attached hydrogen (secondary N) is 1. The molecule has 8 nitrogen and oxygen atoms in total. The highest BCUT2D eigenvalue weighted by Crippen LogP contribution is 2.26. The van der Waals surface area contributed by atoms with Crippen LogP contribution in [0.5, 0.6) is 0 Å². The third-order valence-corrected chi connectivity index (χ3v) is 6.56. The van der Waals surface area contributed by atoms with Crippen LogP contribution in [0.2, 0.25) is 0 Å². The van der Waals surface area contributed by atoms with E-state index < -0.39 is 0 Å². The highest BCUT2D eigenvalue weighted by Gasteiger charge is 2.27. The van der Waals surface area contributed by atoms with Crippen molar-refractivity contribution < 1.29 is 4.79 Å². The van der Waals surface area contributed by atoms with Crippen molar-refractivity contribution in [2.45, 2.75) is 12.8 Å². The van der Waals surface area contributed by atoms with E-state index in [9.17, 15) is 4.79 Å². The number of hydrogen-bond acceptors (Lipinski definition) is 6. The molecule has 3 aromatic heterocycles. The van der Waals surface area contributed by atoms with Crippen molar-refractivity contribution in [2.24, 2.45) is 5.92 Å². The highest BCUT2D eigenvalue weighted by atomic mass is 16.1. The number of imidazole rings is 1. The molecule has 1 aliphatic heterocycles. The summed E-state index contributed by atoms with van der Waals surface area (Å²) < 4.78 is 1.93. The van der Waals surface area contributed by atoms with Crippen molar-refractivity contribution in [3.8, 4) is 17.2 Å². The fourth-order valence-corrected chi connectivity index (χ4v) is 4.74. The van der Waals surface area contributed by atoms with E-state index in [1.807, 2.05) is 83.6 Å². The van der Waals surface area contributed by atoms with Crippen molar-refractivity contribution in [2.75, 3.05) is 23.3 Å². The average Bonchev–Trinajstić information content (AvgIpc) is 3.44. The predicted octanol–water partition coefficient (Wildman–Crippen LogP) is 4.73. The number of benzene rings is 2. The van der Waals surface area contributed by atoms with Gasteiger partial charge in [0.05, 0.1) is 17.1 Å². The van der Waals surface area contributed by atoms with Crippen LogP contribution in [0.15, 0.2) is 91.4 Å². The molecule has 0 bridgehead atoms. The number of carbonyl (C=O) groups is 1. The van der Waals surface area contributed by atoms with Crippen LogP contribution in [0.1, 0.15) is 12.8 Å². The molecule has 1 fully saturated rings. The fourth-order valence-electron chi connectivity index (χ4n) is 4.74. The number of rotatable bonds is 5. The molecule has 0 spiro atoms. The lowest BCUT2D eigenvalue weighted by atomic mass is 9.97. The summed E-state index contributed by atoms with van der Waals surface area (Å²) >= 11 is 0. The third-order valence-electron chi connectivity index (χ3n) is 6.56. The summed E-state index contributed by atoms with van der Waals surface area (Å²) in [6.07, 6.45) is 7.14. The largest absolute Gasteiger partial charge is 0.354 e. The predicted molar refractivity (Wildman–Crippen MR) is 140 cm³/mol. The molecule has 1 N–H and O–H groups in total. The van der Waals surface area contributed by atoms with Crippen molar-refractivity contribution >= 4 is 28.3 Å². The molecule has 6 rings (SSSR count). The van der Waals surface area contributed by atoms with Crippen LogP contribution in [0.4, 0.5) is 11.5 Å². The van der Waals surface area contributed by atoms with Gasteiger partial charge in [-0.15, -0.1) is 10.2 Å². The van der Waals surface area contributed by atoms with Gasteiger partial charge in [0.15, 0.2) is 11.6 Å². The van der Waals surface area contributed by atoms with Crippen molar-refractivity contribution in [3.05, 3.63) is 91.4 Å². The molecule has 8 heteroatoms. The summed E-state index contributed by atoms with van der Waals surface area (Å²) in [5.74, 6) is 2.15. The summed E-state index contributed by atoms with van der Waals surface area (Å²) in [4.78, 5) is 24.2. The molecule has 0 saturated carbocycles. The minimum absolute atomic E-state index is 0.00773. The van der Waals surface area contributed by atoms with Gasteiger partial charge in [0.1, 0.15) is 5.82 Å². The molecule has 2 aromatic carbocycles. The number of anilines is 2. The highest BCUT2D eigenvalue weighted by molar-refractivity contribution is 6.01. The standard InChI is InChI=1S/C28H25N7O/c36-28(31-23-12-4-9-20-10-5-15-29-26(20)23)22-11-6-17-34(19-22)24-13-14-25(33-32-24)35-18-16-30-27(35)21-7-2-1-3-8-21/h1-5,7-10,12-16,18,22H,6,11,17,19H2,(H,31,36). The van der Waals surface area contributed by atoms with Crippen LogP contribution >= 0.6 is 0 Å². The first kappa shape index (κ1) is 21.9. The topological polar surface area (TPSA) is 88.8 Å². The molecular formula is C28H25N7O. The summed E-state index contributed by atoms with van der Waals surface area (Å²) in [7, 11) is 0. The van der Waals surface area contributed by atoms with Gasteiger partial charge in [-0.2, -0.15) is 0 Å². The fraction of sp³-hybridized carbons (Fsp3) is 0.179. The molecule has 178 valence electrons. The number of amides is 1. The van der Waals surface area contributed by atoms with Crippen LogP contribution in [-0.2, 0) is 4.79 Å². The van der Waals surface area contributed by atoms with Crippen molar-refractivity contribution in [1.82, 2.24) is 24.7 Å². The minimum atomic E-state index is -0.141. The average molecular weight is 476 g/mol. The van der Waals surface area contributed by atoms with Crippen molar-refractivity contribution in [3.63, 3.8) is 0 Å². The molecular weight excluding hydrogens is 450 g/mol. The molecule has 1 unspecified atom stereocenters. The Labute approximate surface area is 208 Å². The maximum Gasteiger partial charge on any atom is 0.229 e. The summed E-state index contributed by atoms with van der Waals surface area (Å²) in [6.45, 7) is 1.44. The number of piperidine rings is 1. The van der Waals surface area contributed by atoms with E-state index in [0.29, 0.717) is 12.4 Å². The zero-order valence-corrected chi connectivity index (χ0v) is 19.7. The molecule has 4 heterocycles. The van der Waals surface area contributed by atoms with Gasteiger partial charge in [0, 0.05) is 42.6 Å². The van der Waals surface area contributed by atoms with Crippen LogP contribution in [0, 0.1) is 5.92 Å². The first-order valence-electron chi connectivity index (χ1n) is 12.1.